The number of nitrogens with two attached hydrogens (primary N) is 1. The summed E-state index contributed by atoms with van der Waals surface area (Å²) in [5.74, 6) is 0.856. The van der Waals surface area contributed by atoms with Crippen molar-refractivity contribution < 1.29 is 4.74 Å². The first-order valence-electron chi connectivity index (χ1n) is 7.02. The van der Waals surface area contributed by atoms with Gasteiger partial charge in [-0.05, 0) is 36.8 Å². The standard InChI is InChI=1S/C18H18N2O/c1-13-4-7-18(16(9-13)11-19)21-12-14-5-6-17-15(10-14)3-2-8-20-17/h2-10H,11-12,19H2,1H3. The molecule has 0 spiro atoms. The van der Waals surface area contributed by atoms with E-state index in [9.17, 15) is 0 Å². The van der Waals surface area contributed by atoms with E-state index in [0.29, 0.717) is 13.2 Å². The van der Waals surface area contributed by atoms with Crippen LogP contribution < -0.4 is 10.5 Å². The minimum atomic E-state index is 0.485. The molecule has 3 nitrogen and oxygen atoms in total. The number of rotatable bonds is 4. The highest BCUT2D eigenvalue weighted by Gasteiger charge is 2.04. The topological polar surface area (TPSA) is 48.1 Å². The number of hydrogen-bond donors (Lipinski definition) is 1. The molecule has 1 heterocycles. The molecular formula is C18H18N2O. The van der Waals surface area contributed by atoms with Crippen LogP contribution in [-0.4, -0.2) is 4.98 Å². The second-order valence-corrected chi connectivity index (χ2v) is 5.13. The molecule has 0 bridgehead atoms. The van der Waals surface area contributed by atoms with Crippen LogP contribution in [0.25, 0.3) is 10.9 Å². The van der Waals surface area contributed by atoms with Crippen molar-refractivity contribution in [3.63, 3.8) is 0 Å². The molecule has 3 rings (SSSR count). The Hall–Kier alpha value is -2.39. The van der Waals surface area contributed by atoms with Crippen molar-refractivity contribution in [1.29, 1.82) is 0 Å². The van der Waals surface area contributed by atoms with E-state index < -0.39 is 0 Å². The average molecular weight is 278 g/mol. The van der Waals surface area contributed by atoms with Crippen molar-refractivity contribution >= 4 is 10.9 Å². The summed E-state index contributed by atoms with van der Waals surface area (Å²) in [6.45, 7) is 3.07. The molecule has 2 aromatic carbocycles. The first kappa shape index (κ1) is 13.6. The molecule has 0 saturated carbocycles. The van der Waals surface area contributed by atoms with Gasteiger partial charge < -0.3 is 10.5 Å². The molecule has 0 unspecified atom stereocenters. The Morgan fingerprint density at radius 3 is 2.86 bits per heavy atom. The summed E-state index contributed by atoms with van der Waals surface area (Å²) in [6, 6.07) is 16.3. The normalized spacial score (nSPS) is 10.8. The summed E-state index contributed by atoms with van der Waals surface area (Å²) in [5.41, 5.74) is 10.1. The first-order chi connectivity index (χ1) is 10.3. The Kier molecular flexibility index (Phi) is 3.84. The molecular weight excluding hydrogens is 260 g/mol. The van der Waals surface area contributed by atoms with Crippen molar-refractivity contribution in [2.24, 2.45) is 5.73 Å². The van der Waals surface area contributed by atoms with Gasteiger partial charge in [-0.15, -0.1) is 0 Å². The minimum absolute atomic E-state index is 0.485. The average Bonchev–Trinajstić information content (AvgIpc) is 2.53. The summed E-state index contributed by atoms with van der Waals surface area (Å²) >= 11 is 0. The summed E-state index contributed by atoms with van der Waals surface area (Å²) < 4.78 is 5.92. The molecule has 0 amide bonds. The molecule has 0 fully saturated rings. The van der Waals surface area contributed by atoms with Crippen LogP contribution in [0.15, 0.2) is 54.7 Å². The molecule has 106 valence electrons. The number of benzene rings is 2. The summed E-state index contributed by atoms with van der Waals surface area (Å²) in [4.78, 5) is 4.32. The van der Waals surface area contributed by atoms with Crippen LogP contribution in [-0.2, 0) is 13.2 Å². The highest BCUT2D eigenvalue weighted by atomic mass is 16.5. The highest BCUT2D eigenvalue weighted by Crippen LogP contribution is 2.21. The number of fused-ring (bicyclic) bond motifs is 1. The van der Waals surface area contributed by atoms with Crippen LogP contribution in [0.1, 0.15) is 16.7 Å². The van der Waals surface area contributed by atoms with Gasteiger partial charge in [-0.3, -0.25) is 4.98 Å². The lowest BCUT2D eigenvalue weighted by Crippen LogP contribution is -2.03. The van der Waals surface area contributed by atoms with Crippen LogP contribution >= 0.6 is 0 Å². The van der Waals surface area contributed by atoms with Crippen LogP contribution in [0, 0.1) is 6.92 Å². The zero-order valence-electron chi connectivity index (χ0n) is 12.0. The van der Waals surface area contributed by atoms with Gasteiger partial charge in [-0.1, -0.05) is 29.8 Å². The maximum absolute atomic E-state index is 5.92. The molecule has 1 aromatic heterocycles. The molecule has 0 aliphatic heterocycles. The molecule has 3 aromatic rings. The molecule has 0 saturated heterocycles. The quantitative estimate of drug-likeness (QED) is 0.793. The third-order valence-corrected chi connectivity index (χ3v) is 3.50. The van der Waals surface area contributed by atoms with Crippen LogP contribution in [0.2, 0.25) is 0 Å². The minimum Gasteiger partial charge on any atom is -0.489 e. The highest BCUT2D eigenvalue weighted by molar-refractivity contribution is 5.78. The molecule has 0 aliphatic carbocycles. The number of hydrogen-bond acceptors (Lipinski definition) is 3. The summed E-state index contributed by atoms with van der Waals surface area (Å²) in [5, 5.41) is 1.13. The van der Waals surface area contributed by atoms with E-state index in [1.807, 2.05) is 30.3 Å². The molecule has 3 heteroatoms. The van der Waals surface area contributed by atoms with Crippen LogP contribution in [0.4, 0.5) is 0 Å². The Balaban J connectivity index is 1.80. The van der Waals surface area contributed by atoms with Crippen molar-refractivity contribution in [3.8, 4) is 5.75 Å². The van der Waals surface area contributed by atoms with Crippen molar-refractivity contribution in [3.05, 3.63) is 71.4 Å². The number of nitrogens with zero attached hydrogens (tertiary/aromatic N) is 1. The van der Waals surface area contributed by atoms with Crippen molar-refractivity contribution in [2.45, 2.75) is 20.1 Å². The SMILES string of the molecule is Cc1ccc(OCc2ccc3ncccc3c2)c(CN)c1. The predicted octanol–water partition coefficient (Wildman–Crippen LogP) is 3.58. The van der Waals surface area contributed by atoms with Crippen LogP contribution in [0.3, 0.4) is 0 Å². The van der Waals surface area contributed by atoms with Crippen molar-refractivity contribution in [2.75, 3.05) is 0 Å². The molecule has 0 atom stereocenters. The predicted molar refractivity (Wildman–Crippen MR) is 85.1 cm³/mol. The smallest absolute Gasteiger partial charge is 0.124 e. The van der Waals surface area contributed by atoms with E-state index in [2.05, 4.69) is 30.1 Å². The Labute approximate surface area is 124 Å². The van der Waals surface area contributed by atoms with E-state index in [0.717, 1.165) is 27.8 Å². The Morgan fingerprint density at radius 1 is 1.10 bits per heavy atom. The maximum atomic E-state index is 5.92. The number of ether oxygens (including phenoxy) is 1. The third kappa shape index (κ3) is 3.03. The third-order valence-electron chi connectivity index (χ3n) is 3.50. The number of aromatic nitrogens is 1. The number of pyridine rings is 1. The first-order valence-corrected chi connectivity index (χ1v) is 7.02. The van der Waals surface area contributed by atoms with Gasteiger partial charge in [-0.2, -0.15) is 0 Å². The van der Waals surface area contributed by atoms with Gasteiger partial charge >= 0.3 is 0 Å². The van der Waals surface area contributed by atoms with Crippen molar-refractivity contribution in [1.82, 2.24) is 4.98 Å². The molecule has 2 N–H and O–H groups in total. The van der Waals surface area contributed by atoms with Gasteiger partial charge in [0.05, 0.1) is 5.52 Å². The van der Waals surface area contributed by atoms with Gasteiger partial charge in [0.2, 0.25) is 0 Å². The lowest BCUT2D eigenvalue weighted by Gasteiger charge is -2.11. The van der Waals surface area contributed by atoms with Gasteiger partial charge in [0, 0.05) is 23.7 Å². The zero-order chi connectivity index (χ0) is 14.7. The van der Waals surface area contributed by atoms with E-state index in [4.69, 9.17) is 10.5 Å². The lowest BCUT2D eigenvalue weighted by molar-refractivity contribution is 0.303. The summed E-state index contributed by atoms with van der Waals surface area (Å²) in [6.07, 6.45) is 1.80. The second kappa shape index (κ2) is 5.94. The molecule has 0 aliphatic rings. The Morgan fingerprint density at radius 2 is 2.00 bits per heavy atom. The van der Waals surface area contributed by atoms with Gasteiger partial charge in [0.25, 0.3) is 0 Å². The maximum Gasteiger partial charge on any atom is 0.124 e. The van der Waals surface area contributed by atoms with E-state index >= 15 is 0 Å². The molecule has 21 heavy (non-hydrogen) atoms. The fourth-order valence-corrected chi connectivity index (χ4v) is 2.38. The van der Waals surface area contributed by atoms with Gasteiger partial charge in [0.1, 0.15) is 12.4 Å². The monoisotopic (exact) mass is 278 g/mol. The Bertz CT molecular complexity index is 768. The fourth-order valence-electron chi connectivity index (χ4n) is 2.38. The summed E-state index contributed by atoms with van der Waals surface area (Å²) in [7, 11) is 0. The van der Waals surface area contributed by atoms with E-state index in [1.54, 1.807) is 6.20 Å². The lowest BCUT2D eigenvalue weighted by atomic mass is 10.1. The number of aryl methyl sites for hydroxylation is 1. The van der Waals surface area contributed by atoms with Crippen LogP contribution in [0.5, 0.6) is 5.75 Å². The largest absolute Gasteiger partial charge is 0.489 e. The van der Waals surface area contributed by atoms with Gasteiger partial charge in [0.15, 0.2) is 0 Å². The second-order valence-electron chi connectivity index (χ2n) is 5.13. The molecule has 0 radical (unpaired) electrons. The van der Waals surface area contributed by atoms with Gasteiger partial charge in [-0.25, -0.2) is 0 Å². The van der Waals surface area contributed by atoms with E-state index in [-0.39, 0.29) is 0 Å². The fraction of sp³-hybridized carbons (Fsp3) is 0.167. The zero-order valence-corrected chi connectivity index (χ0v) is 12.0. The van der Waals surface area contributed by atoms with E-state index in [1.165, 1.54) is 5.56 Å².